The lowest BCUT2D eigenvalue weighted by Crippen LogP contribution is -2.09. The summed E-state index contributed by atoms with van der Waals surface area (Å²) in [5.41, 5.74) is 2.99. The Bertz CT molecular complexity index is 999. The number of carbonyl (C=O) groups is 2. The molecule has 5 heteroatoms. The fourth-order valence-corrected chi connectivity index (χ4v) is 2.69. The number of hydrogen-bond acceptors (Lipinski definition) is 4. The number of ether oxygens (including phenoxy) is 1. The quantitative estimate of drug-likeness (QED) is 0.342. The van der Waals surface area contributed by atoms with Gasteiger partial charge in [0.25, 0.3) is 0 Å². The van der Waals surface area contributed by atoms with Crippen LogP contribution in [0.25, 0.3) is 17.0 Å². The molecule has 1 N–H and O–H groups in total. The van der Waals surface area contributed by atoms with Crippen LogP contribution in [0.2, 0.25) is 0 Å². The van der Waals surface area contributed by atoms with Gasteiger partial charge in [-0.05, 0) is 61.9 Å². The highest BCUT2D eigenvalue weighted by Crippen LogP contribution is 2.21. The predicted molar refractivity (Wildman–Crippen MR) is 110 cm³/mol. The molecule has 0 radical (unpaired) electrons. The van der Waals surface area contributed by atoms with E-state index in [0.717, 1.165) is 29.4 Å². The number of nitrogens with one attached hydrogen (secondary N) is 1. The van der Waals surface area contributed by atoms with Gasteiger partial charge in [0.05, 0.1) is 12.2 Å². The van der Waals surface area contributed by atoms with Crippen molar-refractivity contribution < 1.29 is 18.7 Å². The number of hydrogen-bond donors (Lipinski definition) is 1. The van der Waals surface area contributed by atoms with Crippen LogP contribution in [-0.4, -0.2) is 18.5 Å². The zero-order chi connectivity index (χ0) is 19.9. The number of aryl methyl sites for hydroxylation is 1. The minimum absolute atomic E-state index is 0.282. The number of amides is 1. The monoisotopic (exact) mass is 377 g/mol. The number of fused-ring (bicyclic) bond motifs is 1. The molecule has 3 rings (SSSR count). The van der Waals surface area contributed by atoms with Crippen molar-refractivity contribution in [3.63, 3.8) is 0 Å². The Kier molecular flexibility index (Phi) is 6.27. The molecule has 144 valence electrons. The molecule has 0 unspecified atom stereocenters. The number of furan rings is 1. The van der Waals surface area contributed by atoms with Gasteiger partial charge in [-0.1, -0.05) is 25.0 Å². The fraction of sp³-hybridized carbons (Fsp3) is 0.217. The van der Waals surface area contributed by atoms with E-state index in [9.17, 15) is 9.59 Å². The van der Waals surface area contributed by atoms with Gasteiger partial charge in [-0.2, -0.15) is 0 Å². The molecular weight excluding hydrogens is 354 g/mol. The minimum Gasteiger partial charge on any atom is -0.462 e. The van der Waals surface area contributed by atoms with Gasteiger partial charge >= 0.3 is 5.97 Å². The van der Waals surface area contributed by atoms with Gasteiger partial charge in [-0.3, -0.25) is 4.79 Å². The van der Waals surface area contributed by atoms with Gasteiger partial charge in [-0.15, -0.1) is 0 Å². The van der Waals surface area contributed by atoms with Crippen LogP contribution < -0.4 is 5.32 Å². The Hall–Kier alpha value is -3.34. The molecule has 5 nitrogen and oxygen atoms in total. The van der Waals surface area contributed by atoms with E-state index >= 15 is 0 Å². The second-order valence-corrected chi connectivity index (χ2v) is 6.58. The van der Waals surface area contributed by atoms with Crippen molar-refractivity contribution in [2.45, 2.75) is 26.7 Å². The molecule has 0 aliphatic carbocycles. The first-order valence-electron chi connectivity index (χ1n) is 9.31. The number of rotatable bonds is 7. The third kappa shape index (κ3) is 5.10. The van der Waals surface area contributed by atoms with Gasteiger partial charge in [-0.25, -0.2) is 4.79 Å². The summed E-state index contributed by atoms with van der Waals surface area (Å²) in [4.78, 5) is 24.0. The number of esters is 1. The van der Waals surface area contributed by atoms with E-state index in [0.29, 0.717) is 23.6 Å². The van der Waals surface area contributed by atoms with Crippen LogP contribution in [0.15, 0.2) is 59.0 Å². The Morgan fingerprint density at radius 2 is 1.89 bits per heavy atom. The highest BCUT2D eigenvalue weighted by atomic mass is 16.5. The minimum atomic E-state index is -0.355. The summed E-state index contributed by atoms with van der Waals surface area (Å²) < 4.78 is 10.8. The lowest BCUT2D eigenvalue weighted by molar-refractivity contribution is -0.111. The number of benzene rings is 2. The van der Waals surface area contributed by atoms with Crippen molar-refractivity contribution >= 4 is 34.6 Å². The summed E-state index contributed by atoms with van der Waals surface area (Å²) in [6.07, 6.45) is 4.86. The summed E-state index contributed by atoms with van der Waals surface area (Å²) in [5.74, 6) is -0.0258. The van der Waals surface area contributed by atoms with E-state index in [2.05, 4.69) is 5.32 Å². The van der Waals surface area contributed by atoms with E-state index in [4.69, 9.17) is 9.15 Å². The van der Waals surface area contributed by atoms with Crippen LogP contribution in [0.1, 0.15) is 41.4 Å². The second kappa shape index (κ2) is 9.04. The van der Waals surface area contributed by atoms with Gasteiger partial charge < -0.3 is 14.5 Å². The highest BCUT2D eigenvalue weighted by molar-refractivity contribution is 6.02. The van der Waals surface area contributed by atoms with Crippen molar-refractivity contribution in [1.29, 1.82) is 0 Å². The van der Waals surface area contributed by atoms with E-state index < -0.39 is 0 Å². The summed E-state index contributed by atoms with van der Waals surface area (Å²) >= 11 is 0. The van der Waals surface area contributed by atoms with Gasteiger partial charge in [0, 0.05) is 17.1 Å². The van der Waals surface area contributed by atoms with Crippen molar-refractivity contribution in [2.24, 2.45) is 0 Å². The van der Waals surface area contributed by atoms with Crippen LogP contribution in [0.3, 0.4) is 0 Å². The van der Waals surface area contributed by atoms with Crippen LogP contribution in [0.5, 0.6) is 0 Å². The Labute approximate surface area is 164 Å². The third-order valence-corrected chi connectivity index (χ3v) is 4.21. The molecule has 28 heavy (non-hydrogen) atoms. The van der Waals surface area contributed by atoms with Crippen molar-refractivity contribution in [3.8, 4) is 0 Å². The zero-order valence-electron chi connectivity index (χ0n) is 16.0. The van der Waals surface area contributed by atoms with E-state index in [-0.39, 0.29) is 11.9 Å². The molecule has 3 aromatic rings. The Balaban J connectivity index is 1.57. The van der Waals surface area contributed by atoms with Crippen molar-refractivity contribution in [3.05, 3.63) is 71.5 Å². The largest absolute Gasteiger partial charge is 0.462 e. The maximum absolute atomic E-state index is 12.1. The van der Waals surface area contributed by atoms with Crippen LogP contribution in [0.4, 0.5) is 5.69 Å². The molecule has 1 amide bonds. The molecule has 1 heterocycles. The fourth-order valence-electron chi connectivity index (χ4n) is 2.69. The number of anilines is 1. The normalized spacial score (nSPS) is 11.1. The van der Waals surface area contributed by atoms with Crippen LogP contribution in [0, 0.1) is 6.92 Å². The maximum atomic E-state index is 12.1. The molecule has 0 fully saturated rings. The average Bonchev–Trinajstić information content (AvgIpc) is 3.09. The second-order valence-electron chi connectivity index (χ2n) is 6.58. The predicted octanol–water partition coefficient (Wildman–Crippen LogP) is 5.35. The molecular formula is C23H23NO4. The molecule has 0 atom stereocenters. The molecule has 0 aliphatic heterocycles. The Morgan fingerprint density at radius 1 is 1.11 bits per heavy atom. The molecule has 0 spiro atoms. The van der Waals surface area contributed by atoms with Crippen molar-refractivity contribution in [1.82, 2.24) is 0 Å². The van der Waals surface area contributed by atoms with Crippen LogP contribution >= 0.6 is 0 Å². The SMILES string of the molecule is CCCCOC(=O)c1ccc(NC(=O)/C=C/c2cc3cc(C)ccc3o2)cc1. The summed E-state index contributed by atoms with van der Waals surface area (Å²) in [6.45, 7) is 4.47. The third-order valence-electron chi connectivity index (χ3n) is 4.21. The van der Waals surface area contributed by atoms with E-state index in [1.54, 1.807) is 30.3 Å². The average molecular weight is 377 g/mol. The smallest absolute Gasteiger partial charge is 0.338 e. The summed E-state index contributed by atoms with van der Waals surface area (Å²) in [6, 6.07) is 14.4. The first-order chi connectivity index (χ1) is 13.5. The van der Waals surface area contributed by atoms with Gasteiger partial charge in [0.15, 0.2) is 0 Å². The van der Waals surface area contributed by atoms with Gasteiger partial charge in [0.1, 0.15) is 11.3 Å². The molecule has 0 bridgehead atoms. The summed E-state index contributed by atoms with van der Waals surface area (Å²) in [7, 11) is 0. The highest BCUT2D eigenvalue weighted by Gasteiger charge is 2.07. The first-order valence-corrected chi connectivity index (χ1v) is 9.31. The van der Waals surface area contributed by atoms with E-state index in [1.165, 1.54) is 6.08 Å². The topological polar surface area (TPSA) is 68.5 Å². The maximum Gasteiger partial charge on any atom is 0.338 e. The lowest BCUT2D eigenvalue weighted by atomic mass is 10.2. The van der Waals surface area contributed by atoms with E-state index in [1.807, 2.05) is 38.1 Å². The van der Waals surface area contributed by atoms with Crippen LogP contribution in [-0.2, 0) is 9.53 Å². The number of carbonyl (C=O) groups excluding carboxylic acids is 2. The molecule has 0 aliphatic rings. The zero-order valence-corrected chi connectivity index (χ0v) is 16.0. The lowest BCUT2D eigenvalue weighted by Gasteiger charge is -2.05. The summed E-state index contributed by atoms with van der Waals surface area (Å²) in [5, 5.41) is 3.76. The molecule has 0 saturated carbocycles. The molecule has 2 aromatic carbocycles. The standard InChI is InChI=1S/C23H23NO4/c1-3-4-13-27-23(26)17-6-8-19(9-7-17)24-22(25)12-10-20-15-18-14-16(2)5-11-21(18)28-20/h5-12,14-15H,3-4,13H2,1-2H3,(H,24,25)/b12-10+. The Morgan fingerprint density at radius 3 is 2.64 bits per heavy atom. The van der Waals surface area contributed by atoms with Crippen molar-refractivity contribution in [2.75, 3.05) is 11.9 Å². The van der Waals surface area contributed by atoms with Gasteiger partial charge in [0.2, 0.25) is 5.91 Å². The molecule has 0 saturated heterocycles. The molecule has 1 aromatic heterocycles. The number of unbranched alkanes of at least 4 members (excludes halogenated alkanes) is 1. The first kappa shape index (κ1) is 19.4.